The predicted molar refractivity (Wildman–Crippen MR) is 84.4 cm³/mol. The van der Waals surface area contributed by atoms with Crippen molar-refractivity contribution in [3.8, 4) is 0 Å². The van der Waals surface area contributed by atoms with E-state index in [9.17, 15) is 13.2 Å². The molecule has 0 aliphatic carbocycles. The highest BCUT2D eigenvalue weighted by atomic mass is 32.2. The molecule has 122 valence electrons. The summed E-state index contributed by atoms with van der Waals surface area (Å²) in [5.74, 6) is -0.0492. The van der Waals surface area contributed by atoms with Crippen LogP contribution in [0.25, 0.3) is 0 Å². The van der Waals surface area contributed by atoms with Crippen LogP contribution in [0.1, 0.15) is 27.2 Å². The molecule has 1 aromatic heterocycles. The van der Waals surface area contributed by atoms with Crippen molar-refractivity contribution >= 4 is 15.9 Å². The lowest BCUT2D eigenvalue weighted by molar-refractivity contribution is 0.204. The summed E-state index contributed by atoms with van der Waals surface area (Å²) in [6, 6.07) is -0.462. The van der Waals surface area contributed by atoms with Crippen LogP contribution >= 0.6 is 0 Å². The van der Waals surface area contributed by atoms with Crippen LogP contribution in [0.2, 0.25) is 0 Å². The van der Waals surface area contributed by atoms with Gasteiger partial charge >= 0.3 is 6.03 Å². The van der Waals surface area contributed by atoms with Gasteiger partial charge in [0.2, 0.25) is 9.84 Å². The Kier molecular flexibility index (Phi) is 6.04. The molecule has 0 saturated heterocycles. The van der Waals surface area contributed by atoms with E-state index in [1.807, 2.05) is 0 Å². The molecule has 0 unspecified atom stereocenters. The van der Waals surface area contributed by atoms with Gasteiger partial charge in [-0.2, -0.15) is 4.68 Å². The molecule has 22 heavy (non-hydrogen) atoms. The van der Waals surface area contributed by atoms with Crippen LogP contribution in [0, 0.1) is 0 Å². The van der Waals surface area contributed by atoms with E-state index >= 15 is 0 Å². The molecule has 1 heterocycles. The van der Waals surface area contributed by atoms with Crippen LogP contribution in [0.5, 0.6) is 0 Å². The van der Waals surface area contributed by atoms with Gasteiger partial charge < -0.3 is 4.90 Å². The zero-order chi connectivity index (χ0) is 16.9. The van der Waals surface area contributed by atoms with Gasteiger partial charge in [0.1, 0.15) is 6.33 Å². The van der Waals surface area contributed by atoms with Gasteiger partial charge in [-0.3, -0.25) is 0 Å². The third-order valence-corrected chi connectivity index (χ3v) is 4.30. The first-order valence-electron chi connectivity index (χ1n) is 6.89. The fourth-order valence-corrected chi connectivity index (χ4v) is 2.97. The number of nitrogens with zero attached hydrogens (tertiary/aromatic N) is 4. The van der Waals surface area contributed by atoms with E-state index in [4.69, 9.17) is 0 Å². The molecule has 1 amide bonds. The van der Waals surface area contributed by atoms with Gasteiger partial charge in [0.05, 0.1) is 5.75 Å². The number of carbonyl (C=O) groups is 1. The number of aromatic nitrogens is 3. The van der Waals surface area contributed by atoms with Crippen molar-refractivity contribution in [3.05, 3.63) is 30.6 Å². The number of carbonyl (C=O) groups excluding carboxylic acids is 1. The van der Waals surface area contributed by atoms with Crippen molar-refractivity contribution < 1.29 is 13.2 Å². The minimum Gasteiger partial charge on any atom is -0.315 e. The largest absolute Gasteiger partial charge is 0.346 e. The summed E-state index contributed by atoms with van der Waals surface area (Å²) in [6.07, 6.45) is 1.58. The predicted octanol–water partition coefficient (Wildman–Crippen LogP) is 1.88. The van der Waals surface area contributed by atoms with Crippen LogP contribution in [-0.2, 0) is 9.84 Å². The summed E-state index contributed by atoms with van der Waals surface area (Å²) in [7, 11) is -3.54. The maximum Gasteiger partial charge on any atom is 0.346 e. The summed E-state index contributed by atoms with van der Waals surface area (Å²) < 4.78 is 24.7. The van der Waals surface area contributed by atoms with Crippen LogP contribution in [0.15, 0.2) is 35.8 Å². The molecule has 0 saturated carbocycles. The monoisotopic (exact) mass is 326 g/mol. The molecule has 8 heteroatoms. The molecule has 0 aliphatic heterocycles. The molecule has 0 fully saturated rings. The van der Waals surface area contributed by atoms with E-state index in [1.54, 1.807) is 20.8 Å². The second kappa shape index (κ2) is 7.35. The quantitative estimate of drug-likeness (QED) is 0.714. The smallest absolute Gasteiger partial charge is 0.315 e. The average Bonchev–Trinajstić information content (AvgIpc) is 2.86. The van der Waals surface area contributed by atoms with E-state index in [2.05, 4.69) is 23.2 Å². The zero-order valence-electron chi connectivity index (χ0n) is 13.2. The Labute approximate surface area is 131 Å². The maximum absolute atomic E-state index is 12.4. The van der Waals surface area contributed by atoms with Gasteiger partial charge in [-0.15, -0.1) is 5.10 Å². The van der Waals surface area contributed by atoms with E-state index in [1.165, 1.54) is 4.90 Å². The molecule has 1 rings (SSSR count). The molecule has 0 spiro atoms. The molecule has 0 bridgehead atoms. The number of amides is 1. The zero-order valence-corrected chi connectivity index (χ0v) is 14.1. The first-order valence-corrected chi connectivity index (χ1v) is 8.55. The Hall–Kier alpha value is -1.96. The number of sulfone groups is 1. The first kappa shape index (κ1) is 18.1. The lowest BCUT2D eigenvalue weighted by Gasteiger charge is -2.22. The normalized spacial score (nSPS) is 11.2. The molecule has 0 radical (unpaired) electrons. The highest BCUT2D eigenvalue weighted by Crippen LogP contribution is 2.08. The molecule has 7 nitrogen and oxygen atoms in total. The van der Waals surface area contributed by atoms with Gasteiger partial charge in [0.25, 0.3) is 5.16 Å². The lowest BCUT2D eigenvalue weighted by atomic mass is 10.3. The first-order chi connectivity index (χ1) is 10.2. The van der Waals surface area contributed by atoms with Crippen LogP contribution in [0.4, 0.5) is 4.79 Å². The molecule has 0 atom stereocenters. The number of hydrogen-bond acceptors (Lipinski definition) is 5. The second-order valence-electron chi connectivity index (χ2n) is 5.34. The van der Waals surface area contributed by atoms with Gasteiger partial charge in [-0.1, -0.05) is 31.2 Å². The average molecular weight is 326 g/mol. The van der Waals surface area contributed by atoms with E-state index in [0.717, 1.165) is 22.2 Å². The Morgan fingerprint density at radius 2 is 1.82 bits per heavy atom. The highest BCUT2D eigenvalue weighted by Gasteiger charge is 2.22. The maximum atomic E-state index is 12.4. The summed E-state index contributed by atoms with van der Waals surface area (Å²) in [6.45, 7) is 13.6. The Balaban J connectivity index is 3.03. The van der Waals surface area contributed by atoms with Crippen molar-refractivity contribution in [2.75, 3.05) is 18.8 Å². The van der Waals surface area contributed by atoms with Crippen molar-refractivity contribution in [1.29, 1.82) is 0 Å². The summed E-state index contributed by atoms with van der Waals surface area (Å²) in [5.41, 5.74) is 1.60. The van der Waals surface area contributed by atoms with Crippen molar-refractivity contribution in [1.82, 2.24) is 19.7 Å². The molecule has 1 aromatic rings. The van der Waals surface area contributed by atoms with Crippen molar-refractivity contribution in [3.63, 3.8) is 0 Å². The van der Waals surface area contributed by atoms with Gasteiger partial charge in [0, 0.05) is 13.1 Å². The van der Waals surface area contributed by atoms with Crippen molar-refractivity contribution in [2.24, 2.45) is 0 Å². The van der Waals surface area contributed by atoms with E-state index in [-0.39, 0.29) is 10.9 Å². The molecular weight excluding hydrogens is 304 g/mol. The van der Waals surface area contributed by atoms with Gasteiger partial charge in [-0.05, 0) is 20.3 Å². The fraction of sp³-hybridized carbons (Fsp3) is 0.500. The third kappa shape index (κ3) is 4.80. The van der Waals surface area contributed by atoms with Crippen LogP contribution in [0.3, 0.4) is 0 Å². The van der Waals surface area contributed by atoms with E-state index in [0.29, 0.717) is 19.5 Å². The number of hydrogen-bond donors (Lipinski definition) is 0. The van der Waals surface area contributed by atoms with Gasteiger partial charge in [0.15, 0.2) is 0 Å². The topological polar surface area (TPSA) is 85.2 Å². The van der Waals surface area contributed by atoms with Crippen LogP contribution < -0.4 is 0 Å². The third-order valence-electron chi connectivity index (χ3n) is 2.61. The summed E-state index contributed by atoms with van der Waals surface area (Å²) in [4.78, 5) is 17.6. The molecular formula is C14H22N4O3S. The minimum absolute atomic E-state index is 0.0492. The van der Waals surface area contributed by atoms with Crippen molar-refractivity contribution in [2.45, 2.75) is 32.3 Å². The Morgan fingerprint density at radius 1 is 1.27 bits per heavy atom. The highest BCUT2D eigenvalue weighted by molar-refractivity contribution is 7.91. The van der Waals surface area contributed by atoms with Crippen LogP contribution in [-0.4, -0.2) is 53.0 Å². The fourth-order valence-electron chi connectivity index (χ4n) is 1.83. The van der Waals surface area contributed by atoms with Gasteiger partial charge in [-0.25, -0.2) is 18.2 Å². The molecule has 0 aromatic carbocycles. The summed E-state index contributed by atoms with van der Waals surface area (Å²) in [5, 5.41) is 3.48. The lowest BCUT2D eigenvalue weighted by Crippen LogP contribution is -2.37. The molecule has 0 aliphatic rings. The SMILES string of the molecule is C=C(C)CN(CC(=C)C)C(=O)n1cnc(S(=O)(=O)CCC)n1. The second-order valence-corrected chi connectivity index (χ2v) is 7.35. The summed E-state index contributed by atoms with van der Waals surface area (Å²) >= 11 is 0. The Morgan fingerprint density at radius 3 is 2.27 bits per heavy atom. The Bertz CT molecular complexity index is 660. The number of rotatable bonds is 7. The standard InChI is InChI=1S/C14H22N4O3S/c1-6-7-22(20,21)13-15-10-18(16-13)14(19)17(8-11(2)3)9-12(4)5/h10H,2,4,6-9H2,1,3,5H3. The van der Waals surface area contributed by atoms with E-state index < -0.39 is 15.9 Å². The minimum atomic E-state index is -3.54. The molecule has 0 N–H and O–H groups in total.